The predicted octanol–water partition coefficient (Wildman–Crippen LogP) is 4.50. The van der Waals surface area contributed by atoms with Gasteiger partial charge in [-0.15, -0.1) is 0 Å². The number of rotatable bonds is 10. The first-order valence-corrected chi connectivity index (χ1v) is 12.6. The molecule has 188 valence electrons. The van der Waals surface area contributed by atoms with Crippen molar-refractivity contribution in [2.45, 2.75) is 25.9 Å². The highest BCUT2D eigenvalue weighted by atomic mass is 16.5. The van der Waals surface area contributed by atoms with Gasteiger partial charge in [0.05, 0.1) is 19.4 Å². The summed E-state index contributed by atoms with van der Waals surface area (Å²) in [5, 5.41) is 0.995. The molecule has 5 rings (SSSR count). The molecule has 0 saturated carbocycles. The SMILES string of the molecule is COC(c1ccc(CCc2ccc(C)cc2)nc1)c1c[nH]c2ncc(OCCN3CCOCC3)cc12. The maximum atomic E-state index is 6.03. The van der Waals surface area contributed by atoms with Gasteiger partial charge < -0.3 is 19.2 Å². The predicted molar refractivity (Wildman–Crippen MR) is 141 cm³/mol. The summed E-state index contributed by atoms with van der Waals surface area (Å²) in [4.78, 5) is 14.9. The van der Waals surface area contributed by atoms with Crippen LogP contribution in [-0.2, 0) is 22.3 Å². The van der Waals surface area contributed by atoms with E-state index in [1.54, 1.807) is 13.3 Å². The summed E-state index contributed by atoms with van der Waals surface area (Å²) in [6.07, 6.45) is 7.30. The van der Waals surface area contributed by atoms with Gasteiger partial charge in [-0.2, -0.15) is 0 Å². The van der Waals surface area contributed by atoms with Crippen molar-refractivity contribution >= 4 is 11.0 Å². The lowest BCUT2D eigenvalue weighted by Gasteiger charge is -2.26. The number of aromatic nitrogens is 3. The third-order valence-electron chi connectivity index (χ3n) is 6.78. The fraction of sp³-hybridized carbons (Fsp3) is 0.379. The summed E-state index contributed by atoms with van der Waals surface area (Å²) < 4.78 is 17.4. The van der Waals surface area contributed by atoms with Crippen LogP contribution in [-0.4, -0.2) is 66.4 Å². The summed E-state index contributed by atoms with van der Waals surface area (Å²) in [6.45, 7) is 7.11. The number of morpholine rings is 1. The van der Waals surface area contributed by atoms with Crippen LogP contribution >= 0.6 is 0 Å². The molecular weight excluding hydrogens is 452 g/mol. The number of hydrogen-bond donors (Lipinski definition) is 1. The van der Waals surface area contributed by atoms with Gasteiger partial charge in [0.2, 0.25) is 0 Å². The Balaban J connectivity index is 1.25. The van der Waals surface area contributed by atoms with Crippen LogP contribution in [0.2, 0.25) is 0 Å². The van der Waals surface area contributed by atoms with E-state index in [1.165, 1.54) is 11.1 Å². The van der Waals surface area contributed by atoms with Crippen molar-refractivity contribution in [1.82, 2.24) is 19.9 Å². The fourth-order valence-electron chi connectivity index (χ4n) is 4.63. The first-order chi connectivity index (χ1) is 17.7. The van der Waals surface area contributed by atoms with Gasteiger partial charge >= 0.3 is 0 Å². The molecule has 1 unspecified atom stereocenters. The molecule has 0 amide bonds. The quantitative estimate of drug-likeness (QED) is 0.356. The van der Waals surface area contributed by atoms with Crippen LogP contribution in [0.1, 0.15) is 34.1 Å². The van der Waals surface area contributed by atoms with Crippen LogP contribution in [0.3, 0.4) is 0 Å². The lowest BCUT2D eigenvalue weighted by Crippen LogP contribution is -2.38. The zero-order valence-corrected chi connectivity index (χ0v) is 21.1. The Bertz CT molecular complexity index is 1250. The summed E-state index contributed by atoms with van der Waals surface area (Å²) in [7, 11) is 1.73. The van der Waals surface area contributed by atoms with Crippen molar-refractivity contribution in [2.75, 3.05) is 46.6 Å². The van der Waals surface area contributed by atoms with Gasteiger partial charge in [-0.1, -0.05) is 35.9 Å². The zero-order valence-electron chi connectivity index (χ0n) is 21.1. The van der Waals surface area contributed by atoms with E-state index in [1.807, 2.05) is 18.5 Å². The highest BCUT2D eigenvalue weighted by Gasteiger charge is 2.19. The molecule has 7 nitrogen and oxygen atoms in total. The summed E-state index contributed by atoms with van der Waals surface area (Å²) in [6, 6.07) is 15.0. The molecule has 1 fully saturated rings. The molecule has 4 heterocycles. The first-order valence-electron chi connectivity index (χ1n) is 12.6. The molecule has 1 aliphatic rings. The third-order valence-corrected chi connectivity index (χ3v) is 6.78. The second-order valence-corrected chi connectivity index (χ2v) is 9.30. The Labute approximate surface area is 212 Å². The molecule has 1 saturated heterocycles. The molecule has 1 N–H and O–H groups in total. The molecule has 1 aliphatic heterocycles. The normalized spacial score (nSPS) is 15.3. The molecule has 4 aromatic rings. The van der Waals surface area contributed by atoms with E-state index in [2.05, 4.69) is 58.2 Å². The molecule has 0 radical (unpaired) electrons. The molecular formula is C29H34N4O3. The highest BCUT2D eigenvalue weighted by molar-refractivity contribution is 5.81. The summed E-state index contributed by atoms with van der Waals surface area (Å²) >= 11 is 0. The van der Waals surface area contributed by atoms with Crippen molar-refractivity contribution in [3.8, 4) is 5.75 Å². The van der Waals surface area contributed by atoms with Crippen LogP contribution in [0.4, 0.5) is 0 Å². The Morgan fingerprint density at radius 1 is 1.03 bits per heavy atom. The number of methoxy groups -OCH3 is 1. The number of hydrogen-bond acceptors (Lipinski definition) is 6. The average molecular weight is 487 g/mol. The topological polar surface area (TPSA) is 72.5 Å². The Kier molecular flexibility index (Phi) is 7.91. The Morgan fingerprint density at radius 3 is 2.61 bits per heavy atom. The van der Waals surface area contributed by atoms with Gasteiger partial charge in [0.15, 0.2) is 0 Å². The summed E-state index contributed by atoms with van der Waals surface area (Å²) in [5.74, 6) is 0.760. The monoisotopic (exact) mass is 486 g/mol. The number of nitrogens with one attached hydrogen (secondary N) is 1. The van der Waals surface area contributed by atoms with Gasteiger partial charge in [-0.05, 0) is 37.5 Å². The fourth-order valence-corrected chi connectivity index (χ4v) is 4.63. The van der Waals surface area contributed by atoms with Gasteiger partial charge in [-0.3, -0.25) is 9.88 Å². The molecule has 7 heteroatoms. The zero-order chi connectivity index (χ0) is 24.7. The van der Waals surface area contributed by atoms with Crippen LogP contribution in [0.15, 0.2) is 61.1 Å². The Hall–Kier alpha value is -3.26. The standard InChI is InChI=1S/C29H34N4O3/c1-21-3-5-22(6-4-21)7-9-24-10-8-23(18-30-24)28(34-2)27-20-32-29-26(27)17-25(19-31-29)36-16-13-33-11-14-35-15-12-33/h3-6,8,10,17-20,28H,7,9,11-16H2,1-2H3,(H,31,32). The number of pyridine rings is 2. The van der Waals surface area contributed by atoms with Crippen molar-refractivity contribution in [3.63, 3.8) is 0 Å². The van der Waals surface area contributed by atoms with Crippen LogP contribution in [0, 0.1) is 6.92 Å². The Morgan fingerprint density at radius 2 is 1.86 bits per heavy atom. The van der Waals surface area contributed by atoms with Crippen molar-refractivity contribution in [1.29, 1.82) is 0 Å². The van der Waals surface area contributed by atoms with Gasteiger partial charge in [0, 0.05) is 61.3 Å². The number of fused-ring (bicyclic) bond motifs is 1. The number of nitrogens with zero attached hydrogens (tertiary/aromatic N) is 3. The van der Waals surface area contributed by atoms with E-state index in [9.17, 15) is 0 Å². The van der Waals surface area contributed by atoms with E-state index >= 15 is 0 Å². The lowest BCUT2D eigenvalue weighted by molar-refractivity contribution is 0.0322. The first kappa shape index (κ1) is 24.4. The maximum absolute atomic E-state index is 6.03. The second-order valence-electron chi connectivity index (χ2n) is 9.30. The molecule has 1 atom stereocenters. The van der Waals surface area contributed by atoms with E-state index in [0.29, 0.717) is 6.61 Å². The molecule has 0 bridgehead atoms. The highest BCUT2D eigenvalue weighted by Crippen LogP contribution is 2.32. The van der Waals surface area contributed by atoms with Crippen LogP contribution in [0.5, 0.6) is 5.75 Å². The minimum absolute atomic E-state index is 0.247. The van der Waals surface area contributed by atoms with Crippen molar-refractivity contribution in [3.05, 3.63) is 89.0 Å². The van der Waals surface area contributed by atoms with Gasteiger partial charge in [0.25, 0.3) is 0 Å². The maximum Gasteiger partial charge on any atom is 0.138 e. The van der Waals surface area contributed by atoms with E-state index < -0.39 is 0 Å². The van der Waals surface area contributed by atoms with Gasteiger partial charge in [0.1, 0.15) is 24.1 Å². The van der Waals surface area contributed by atoms with E-state index in [0.717, 1.165) is 79.3 Å². The molecule has 0 aliphatic carbocycles. The number of aryl methyl sites for hydroxylation is 3. The lowest BCUT2D eigenvalue weighted by atomic mass is 10.0. The number of H-pyrrole nitrogens is 1. The van der Waals surface area contributed by atoms with Gasteiger partial charge in [-0.25, -0.2) is 4.98 Å². The minimum Gasteiger partial charge on any atom is -0.491 e. The van der Waals surface area contributed by atoms with E-state index in [4.69, 9.17) is 19.2 Å². The molecule has 1 aromatic carbocycles. The average Bonchev–Trinajstić information content (AvgIpc) is 3.33. The third kappa shape index (κ3) is 5.93. The van der Waals surface area contributed by atoms with E-state index in [-0.39, 0.29) is 6.10 Å². The molecule has 0 spiro atoms. The van der Waals surface area contributed by atoms with Crippen molar-refractivity contribution in [2.24, 2.45) is 0 Å². The smallest absolute Gasteiger partial charge is 0.138 e. The number of aromatic amines is 1. The summed E-state index contributed by atoms with van der Waals surface area (Å²) in [5.41, 5.74) is 6.53. The number of ether oxygens (including phenoxy) is 3. The minimum atomic E-state index is -0.247. The van der Waals surface area contributed by atoms with Crippen LogP contribution in [0.25, 0.3) is 11.0 Å². The largest absolute Gasteiger partial charge is 0.491 e. The van der Waals surface area contributed by atoms with Crippen molar-refractivity contribution < 1.29 is 14.2 Å². The van der Waals surface area contributed by atoms with Crippen LogP contribution < -0.4 is 4.74 Å². The molecule has 36 heavy (non-hydrogen) atoms. The number of benzene rings is 1. The molecule has 3 aromatic heterocycles. The second kappa shape index (κ2) is 11.6.